The van der Waals surface area contributed by atoms with Crippen molar-refractivity contribution in [2.24, 2.45) is 0 Å². The van der Waals surface area contributed by atoms with Gasteiger partial charge in [-0.3, -0.25) is 0 Å². The highest BCUT2D eigenvalue weighted by molar-refractivity contribution is 6.30. The largest absolute Gasteiger partial charge is 0.439 e. The Kier molecular flexibility index (Phi) is 4.96. The highest BCUT2D eigenvalue weighted by atomic mass is 35.5. The molecule has 1 N–H and O–H groups in total. The van der Waals surface area contributed by atoms with Crippen LogP contribution < -0.4 is 10.1 Å². The van der Waals surface area contributed by atoms with Gasteiger partial charge in [-0.05, 0) is 36.4 Å². The molecule has 0 saturated carbocycles. The summed E-state index contributed by atoms with van der Waals surface area (Å²) in [5.74, 6) is 1.09. The molecule has 3 aromatic rings. The van der Waals surface area contributed by atoms with Gasteiger partial charge in [-0.25, -0.2) is 4.98 Å². The zero-order valence-corrected chi connectivity index (χ0v) is 13.1. The molecule has 7 heteroatoms. The Morgan fingerprint density at radius 1 is 1.12 bits per heavy atom. The molecule has 0 amide bonds. The van der Waals surface area contributed by atoms with E-state index in [4.69, 9.17) is 16.0 Å². The lowest BCUT2D eigenvalue weighted by Gasteiger charge is -2.11. The van der Waals surface area contributed by atoms with E-state index < -0.39 is 6.61 Å². The number of rotatable bonds is 6. The molecule has 0 aliphatic rings. The average Bonchev–Trinajstić information content (AvgIpc) is 3.03. The number of nitrogens with zero attached hydrogens (tertiary/aromatic N) is 1. The summed E-state index contributed by atoms with van der Waals surface area (Å²) in [4.78, 5) is 4.17. The van der Waals surface area contributed by atoms with Crippen molar-refractivity contribution >= 4 is 17.3 Å². The molecule has 24 heavy (non-hydrogen) atoms. The van der Waals surface area contributed by atoms with Crippen LogP contribution in [0.25, 0.3) is 11.3 Å². The van der Waals surface area contributed by atoms with E-state index in [1.54, 1.807) is 36.5 Å². The molecular weight excluding hydrogens is 338 g/mol. The molecule has 124 valence electrons. The van der Waals surface area contributed by atoms with Crippen LogP contribution in [0.5, 0.6) is 5.75 Å². The fourth-order valence-electron chi connectivity index (χ4n) is 2.12. The summed E-state index contributed by atoms with van der Waals surface area (Å²) >= 11 is 5.85. The number of para-hydroxylation sites is 2. The molecule has 0 spiro atoms. The molecule has 0 aliphatic heterocycles. The molecule has 2 aromatic carbocycles. The van der Waals surface area contributed by atoms with Gasteiger partial charge < -0.3 is 14.5 Å². The van der Waals surface area contributed by atoms with Crippen LogP contribution in [0.3, 0.4) is 0 Å². The third-order valence-electron chi connectivity index (χ3n) is 3.22. The first-order chi connectivity index (χ1) is 11.6. The molecule has 4 nitrogen and oxygen atoms in total. The SMILES string of the molecule is FC(F)Oc1ccccc1NCc1ncc(-c2ccc(Cl)cc2)o1. The van der Waals surface area contributed by atoms with Gasteiger partial charge in [0.25, 0.3) is 0 Å². The maximum atomic E-state index is 12.4. The summed E-state index contributed by atoms with van der Waals surface area (Å²) in [6, 6.07) is 13.6. The van der Waals surface area contributed by atoms with E-state index in [0.29, 0.717) is 22.4 Å². The molecule has 3 rings (SSSR count). The van der Waals surface area contributed by atoms with Crippen molar-refractivity contribution in [2.75, 3.05) is 5.32 Å². The second-order valence-electron chi connectivity index (χ2n) is 4.85. The molecule has 1 heterocycles. The Morgan fingerprint density at radius 2 is 1.88 bits per heavy atom. The number of hydrogen-bond donors (Lipinski definition) is 1. The van der Waals surface area contributed by atoms with Gasteiger partial charge in [-0.2, -0.15) is 8.78 Å². The van der Waals surface area contributed by atoms with Crippen LogP contribution in [0.2, 0.25) is 5.02 Å². The summed E-state index contributed by atoms with van der Waals surface area (Å²) in [5, 5.41) is 3.61. The van der Waals surface area contributed by atoms with Gasteiger partial charge in [-0.1, -0.05) is 23.7 Å². The number of ether oxygens (including phenoxy) is 1. The van der Waals surface area contributed by atoms with E-state index in [0.717, 1.165) is 5.56 Å². The number of nitrogens with one attached hydrogen (secondary N) is 1. The molecule has 1 aromatic heterocycles. The topological polar surface area (TPSA) is 47.3 Å². The van der Waals surface area contributed by atoms with Crippen molar-refractivity contribution in [3.05, 3.63) is 65.6 Å². The Bertz CT molecular complexity index is 806. The lowest BCUT2D eigenvalue weighted by molar-refractivity contribution is -0.0493. The number of halogens is 3. The van der Waals surface area contributed by atoms with E-state index in [1.807, 2.05) is 12.1 Å². The van der Waals surface area contributed by atoms with E-state index >= 15 is 0 Å². The van der Waals surface area contributed by atoms with E-state index in [9.17, 15) is 8.78 Å². The smallest absolute Gasteiger partial charge is 0.387 e. The predicted octanol–water partition coefficient (Wildman–Crippen LogP) is 5.21. The summed E-state index contributed by atoms with van der Waals surface area (Å²) < 4.78 is 34.9. The highest BCUT2D eigenvalue weighted by Gasteiger charge is 2.10. The van der Waals surface area contributed by atoms with Crippen molar-refractivity contribution in [3.8, 4) is 17.1 Å². The monoisotopic (exact) mass is 350 g/mol. The molecule has 0 unspecified atom stereocenters. The lowest BCUT2D eigenvalue weighted by Crippen LogP contribution is -2.06. The normalized spacial score (nSPS) is 10.8. The molecule has 0 radical (unpaired) electrons. The van der Waals surface area contributed by atoms with Gasteiger partial charge in [0.15, 0.2) is 5.76 Å². The number of oxazole rings is 1. The Morgan fingerprint density at radius 3 is 2.62 bits per heavy atom. The fraction of sp³-hybridized carbons (Fsp3) is 0.118. The second kappa shape index (κ2) is 7.31. The second-order valence-corrected chi connectivity index (χ2v) is 5.29. The number of aromatic nitrogens is 1. The zero-order valence-electron chi connectivity index (χ0n) is 12.4. The van der Waals surface area contributed by atoms with E-state index in [-0.39, 0.29) is 12.3 Å². The van der Waals surface area contributed by atoms with Gasteiger partial charge in [0.05, 0.1) is 18.4 Å². The van der Waals surface area contributed by atoms with Gasteiger partial charge in [0.2, 0.25) is 5.89 Å². The average molecular weight is 351 g/mol. The third-order valence-corrected chi connectivity index (χ3v) is 3.47. The molecule has 0 atom stereocenters. The molecule has 0 saturated heterocycles. The predicted molar refractivity (Wildman–Crippen MR) is 87.3 cm³/mol. The molecule has 0 aliphatic carbocycles. The summed E-state index contributed by atoms with van der Waals surface area (Å²) in [6.07, 6.45) is 1.60. The minimum Gasteiger partial charge on any atom is -0.439 e. The Labute approximate surface area is 142 Å². The molecule has 0 fully saturated rings. The number of alkyl halides is 2. The molecular formula is C17H13ClF2N2O2. The first-order valence-corrected chi connectivity index (χ1v) is 7.48. The van der Waals surface area contributed by atoms with Gasteiger partial charge in [0.1, 0.15) is 5.75 Å². The zero-order chi connectivity index (χ0) is 16.9. The first kappa shape index (κ1) is 16.3. The standard InChI is InChI=1S/C17H13ClF2N2O2/c18-12-7-5-11(6-8-12)15-9-22-16(23-15)10-21-13-3-1-2-4-14(13)24-17(19)20/h1-9,17,21H,10H2. The quantitative estimate of drug-likeness (QED) is 0.663. The van der Waals surface area contributed by atoms with Crippen LogP contribution in [0.15, 0.2) is 59.1 Å². The highest BCUT2D eigenvalue weighted by Crippen LogP contribution is 2.27. The van der Waals surface area contributed by atoms with Crippen LogP contribution in [-0.4, -0.2) is 11.6 Å². The summed E-state index contributed by atoms with van der Waals surface area (Å²) in [6.45, 7) is -2.65. The van der Waals surface area contributed by atoms with Crippen molar-refractivity contribution < 1.29 is 17.9 Å². The third kappa shape index (κ3) is 4.02. The lowest BCUT2D eigenvalue weighted by atomic mass is 10.2. The van der Waals surface area contributed by atoms with Crippen molar-refractivity contribution in [1.82, 2.24) is 4.98 Å². The maximum Gasteiger partial charge on any atom is 0.387 e. The van der Waals surface area contributed by atoms with Gasteiger partial charge in [-0.15, -0.1) is 0 Å². The van der Waals surface area contributed by atoms with Crippen LogP contribution >= 0.6 is 11.6 Å². The van der Waals surface area contributed by atoms with Crippen LogP contribution in [0, 0.1) is 0 Å². The molecule has 0 bridgehead atoms. The number of hydrogen-bond acceptors (Lipinski definition) is 4. The first-order valence-electron chi connectivity index (χ1n) is 7.10. The Hall–Kier alpha value is -2.60. The van der Waals surface area contributed by atoms with Crippen LogP contribution in [0.1, 0.15) is 5.89 Å². The minimum atomic E-state index is -2.88. The van der Waals surface area contributed by atoms with Gasteiger partial charge >= 0.3 is 6.61 Å². The van der Waals surface area contributed by atoms with E-state index in [2.05, 4.69) is 15.0 Å². The van der Waals surface area contributed by atoms with Crippen LogP contribution in [0.4, 0.5) is 14.5 Å². The van der Waals surface area contributed by atoms with Crippen molar-refractivity contribution in [2.45, 2.75) is 13.2 Å². The van der Waals surface area contributed by atoms with Crippen molar-refractivity contribution in [1.29, 1.82) is 0 Å². The summed E-state index contributed by atoms with van der Waals surface area (Å²) in [5.41, 5.74) is 1.28. The van der Waals surface area contributed by atoms with Crippen molar-refractivity contribution in [3.63, 3.8) is 0 Å². The van der Waals surface area contributed by atoms with Crippen LogP contribution in [-0.2, 0) is 6.54 Å². The number of benzene rings is 2. The fourth-order valence-corrected chi connectivity index (χ4v) is 2.25. The van der Waals surface area contributed by atoms with E-state index in [1.165, 1.54) is 6.07 Å². The number of anilines is 1. The minimum absolute atomic E-state index is 0.0666. The maximum absolute atomic E-state index is 12.4. The van der Waals surface area contributed by atoms with Gasteiger partial charge in [0, 0.05) is 10.6 Å². The summed E-state index contributed by atoms with van der Waals surface area (Å²) in [7, 11) is 0. The Balaban J connectivity index is 1.69.